The van der Waals surface area contributed by atoms with Crippen molar-refractivity contribution in [2.45, 2.75) is 64.8 Å². The molecule has 3 aromatic carbocycles. The summed E-state index contributed by atoms with van der Waals surface area (Å²) in [5.74, 6) is 0.425. The van der Waals surface area contributed by atoms with Gasteiger partial charge in [-0.25, -0.2) is 0 Å². The van der Waals surface area contributed by atoms with Crippen LogP contribution in [0.2, 0.25) is 0 Å². The molecule has 4 aromatic rings. The van der Waals surface area contributed by atoms with Crippen molar-refractivity contribution < 1.29 is 0 Å². The standard InChI is InChI=1S/C26H27NO2/c1-15(2)17-9-10-18-13-22-23(14-19-11-16(3)21(12-17)24(18)19)26(29)27(25(22)28)20-7-5-4-6-8-20/h9-15,20H,4-8H2,1-3H3. The minimum atomic E-state index is -0.112. The van der Waals surface area contributed by atoms with Gasteiger partial charge in [-0.3, -0.25) is 14.2 Å². The van der Waals surface area contributed by atoms with Crippen LogP contribution in [0.25, 0.3) is 32.3 Å². The number of hydrogen-bond donors (Lipinski definition) is 0. The zero-order valence-corrected chi connectivity index (χ0v) is 17.4. The molecule has 0 amide bonds. The molecule has 148 valence electrons. The molecule has 1 aliphatic rings. The van der Waals surface area contributed by atoms with Crippen LogP contribution in [-0.4, -0.2) is 4.57 Å². The first-order valence-electron chi connectivity index (χ1n) is 10.8. The average Bonchev–Trinajstić information content (AvgIpc) is 2.95. The number of aryl methyl sites for hydroxylation is 1. The summed E-state index contributed by atoms with van der Waals surface area (Å²) >= 11 is 0. The highest BCUT2D eigenvalue weighted by atomic mass is 16.2. The first kappa shape index (κ1) is 18.4. The van der Waals surface area contributed by atoms with Gasteiger partial charge in [0.05, 0.1) is 10.8 Å². The molecule has 0 radical (unpaired) electrons. The van der Waals surface area contributed by atoms with E-state index in [1.54, 1.807) is 4.57 Å². The molecule has 0 atom stereocenters. The lowest BCUT2D eigenvalue weighted by atomic mass is 9.95. The predicted molar refractivity (Wildman–Crippen MR) is 122 cm³/mol. The van der Waals surface area contributed by atoms with Gasteiger partial charge < -0.3 is 0 Å². The molecule has 1 fully saturated rings. The van der Waals surface area contributed by atoms with E-state index in [1.807, 2.05) is 12.1 Å². The highest BCUT2D eigenvalue weighted by molar-refractivity contribution is 6.15. The summed E-state index contributed by atoms with van der Waals surface area (Å²) in [7, 11) is 0. The van der Waals surface area contributed by atoms with Gasteiger partial charge >= 0.3 is 0 Å². The molecule has 0 N–H and O–H groups in total. The maximum atomic E-state index is 13.3. The largest absolute Gasteiger partial charge is 0.271 e. The van der Waals surface area contributed by atoms with Gasteiger partial charge in [0.1, 0.15) is 0 Å². The molecule has 3 heteroatoms. The van der Waals surface area contributed by atoms with Crippen LogP contribution in [0, 0.1) is 6.92 Å². The third-order valence-corrected chi connectivity index (χ3v) is 6.80. The monoisotopic (exact) mass is 385 g/mol. The molecule has 0 bridgehead atoms. The van der Waals surface area contributed by atoms with Gasteiger partial charge in [0.25, 0.3) is 11.1 Å². The van der Waals surface area contributed by atoms with Crippen molar-refractivity contribution in [2.75, 3.05) is 0 Å². The Morgan fingerprint density at radius 1 is 0.828 bits per heavy atom. The van der Waals surface area contributed by atoms with Crippen molar-refractivity contribution >= 4 is 32.3 Å². The number of nitrogens with zero attached hydrogens (tertiary/aromatic N) is 1. The van der Waals surface area contributed by atoms with E-state index in [0.29, 0.717) is 16.7 Å². The lowest BCUT2D eigenvalue weighted by molar-refractivity contribution is 0.344. The second-order valence-corrected chi connectivity index (χ2v) is 9.05. The summed E-state index contributed by atoms with van der Waals surface area (Å²) in [6, 6.07) is 12.7. The van der Waals surface area contributed by atoms with Gasteiger partial charge in [-0.2, -0.15) is 0 Å². The first-order valence-corrected chi connectivity index (χ1v) is 10.8. The van der Waals surface area contributed by atoms with Crippen molar-refractivity contribution in [1.29, 1.82) is 0 Å². The van der Waals surface area contributed by atoms with Crippen molar-refractivity contribution in [3.05, 3.63) is 68.2 Å². The molecular weight excluding hydrogens is 358 g/mol. The SMILES string of the molecule is Cc1cc2cc3c(=O)n(C4CCCCC4)c(=O)c3cc3ccc(C(C)C)cc1c32. The van der Waals surface area contributed by atoms with Crippen LogP contribution in [-0.2, 0) is 0 Å². The van der Waals surface area contributed by atoms with E-state index in [4.69, 9.17) is 0 Å². The Balaban J connectivity index is 1.90. The fraction of sp³-hybridized carbons (Fsp3) is 0.385. The minimum absolute atomic E-state index is 0.0535. The Hall–Kier alpha value is -2.68. The lowest BCUT2D eigenvalue weighted by Crippen LogP contribution is -2.31. The predicted octanol–water partition coefficient (Wildman–Crippen LogP) is 6.04. The van der Waals surface area contributed by atoms with E-state index in [-0.39, 0.29) is 17.2 Å². The lowest BCUT2D eigenvalue weighted by Gasteiger charge is -2.21. The van der Waals surface area contributed by atoms with Crippen LogP contribution in [0.15, 0.2) is 46.0 Å². The summed E-state index contributed by atoms with van der Waals surface area (Å²) in [6.45, 7) is 6.52. The van der Waals surface area contributed by atoms with Gasteiger partial charge in [-0.15, -0.1) is 0 Å². The van der Waals surface area contributed by atoms with E-state index >= 15 is 0 Å². The molecule has 3 nitrogen and oxygen atoms in total. The van der Waals surface area contributed by atoms with Crippen molar-refractivity contribution in [3.8, 4) is 0 Å². The molecule has 0 unspecified atom stereocenters. The Kier molecular flexibility index (Phi) is 4.23. The van der Waals surface area contributed by atoms with Crippen LogP contribution in [0.5, 0.6) is 0 Å². The number of aromatic nitrogens is 1. The number of fused-ring (bicyclic) bond motifs is 1. The Morgan fingerprint density at radius 2 is 1.48 bits per heavy atom. The van der Waals surface area contributed by atoms with Crippen LogP contribution >= 0.6 is 0 Å². The summed E-state index contributed by atoms with van der Waals surface area (Å²) < 4.78 is 1.55. The van der Waals surface area contributed by atoms with E-state index in [0.717, 1.165) is 41.8 Å². The molecular formula is C26H27NO2. The average molecular weight is 386 g/mol. The van der Waals surface area contributed by atoms with Gasteiger partial charge in [0, 0.05) is 6.04 Å². The molecule has 29 heavy (non-hydrogen) atoms. The Morgan fingerprint density at radius 3 is 2.14 bits per heavy atom. The molecule has 0 aliphatic heterocycles. The molecule has 1 heterocycles. The fourth-order valence-corrected chi connectivity index (χ4v) is 5.16. The zero-order chi connectivity index (χ0) is 20.3. The summed E-state index contributed by atoms with van der Waals surface area (Å²) in [5.41, 5.74) is 2.27. The Labute approximate surface area is 170 Å². The quantitative estimate of drug-likeness (QED) is 0.422. The highest BCUT2D eigenvalue weighted by Gasteiger charge is 2.23. The highest BCUT2D eigenvalue weighted by Crippen LogP contribution is 2.34. The maximum Gasteiger partial charge on any atom is 0.261 e. The van der Waals surface area contributed by atoms with Gasteiger partial charge in [-0.05, 0) is 70.5 Å². The van der Waals surface area contributed by atoms with Gasteiger partial charge in [-0.1, -0.05) is 57.4 Å². The van der Waals surface area contributed by atoms with Crippen molar-refractivity contribution in [3.63, 3.8) is 0 Å². The molecule has 1 aliphatic carbocycles. The summed E-state index contributed by atoms with van der Waals surface area (Å²) in [5, 5.41) is 5.56. The molecule has 0 saturated heterocycles. The van der Waals surface area contributed by atoms with E-state index in [1.165, 1.54) is 22.9 Å². The third kappa shape index (κ3) is 2.78. The number of rotatable bonds is 2. The fourth-order valence-electron chi connectivity index (χ4n) is 5.16. The van der Waals surface area contributed by atoms with Crippen LogP contribution in [0.1, 0.15) is 69.0 Å². The molecule has 5 rings (SSSR count). The number of hydrogen-bond acceptors (Lipinski definition) is 2. The maximum absolute atomic E-state index is 13.3. The third-order valence-electron chi connectivity index (χ3n) is 6.80. The minimum Gasteiger partial charge on any atom is -0.271 e. The molecule has 0 spiro atoms. The van der Waals surface area contributed by atoms with Gasteiger partial charge in [0.2, 0.25) is 0 Å². The zero-order valence-electron chi connectivity index (χ0n) is 17.4. The van der Waals surface area contributed by atoms with Crippen molar-refractivity contribution in [1.82, 2.24) is 4.57 Å². The van der Waals surface area contributed by atoms with Crippen molar-refractivity contribution in [2.24, 2.45) is 0 Å². The Bertz CT molecular complexity index is 1360. The normalized spacial score (nSPS) is 15.9. The molecule has 1 aromatic heterocycles. The topological polar surface area (TPSA) is 39.1 Å². The van der Waals surface area contributed by atoms with E-state index < -0.39 is 0 Å². The summed E-state index contributed by atoms with van der Waals surface area (Å²) in [4.78, 5) is 26.6. The van der Waals surface area contributed by atoms with Gasteiger partial charge in [0.15, 0.2) is 0 Å². The smallest absolute Gasteiger partial charge is 0.261 e. The van der Waals surface area contributed by atoms with Crippen LogP contribution in [0.4, 0.5) is 0 Å². The van der Waals surface area contributed by atoms with Crippen LogP contribution in [0.3, 0.4) is 0 Å². The second-order valence-electron chi connectivity index (χ2n) is 9.05. The first-order chi connectivity index (χ1) is 14.0. The van der Waals surface area contributed by atoms with Crippen LogP contribution < -0.4 is 11.1 Å². The van der Waals surface area contributed by atoms with E-state index in [9.17, 15) is 9.59 Å². The summed E-state index contributed by atoms with van der Waals surface area (Å²) in [6.07, 6.45) is 5.26. The van der Waals surface area contributed by atoms with E-state index in [2.05, 4.69) is 45.0 Å². The second kappa shape index (κ2) is 6.69. The molecule has 1 saturated carbocycles.